The van der Waals surface area contributed by atoms with Crippen molar-refractivity contribution >= 4 is 0 Å². The van der Waals surface area contributed by atoms with Gasteiger partial charge in [-0.3, -0.25) is 4.39 Å². The third-order valence-corrected chi connectivity index (χ3v) is 2.93. The summed E-state index contributed by atoms with van der Waals surface area (Å²) in [6.07, 6.45) is 0.351. The van der Waals surface area contributed by atoms with Gasteiger partial charge in [-0.1, -0.05) is 13.8 Å². The van der Waals surface area contributed by atoms with Crippen molar-refractivity contribution in [3.8, 4) is 17.2 Å². The van der Waals surface area contributed by atoms with Gasteiger partial charge in [0.1, 0.15) is 0 Å². The highest BCUT2D eigenvalue weighted by Gasteiger charge is 2.14. The molecule has 120 valence electrons. The van der Waals surface area contributed by atoms with Gasteiger partial charge >= 0.3 is 0 Å². The summed E-state index contributed by atoms with van der Waals surface area (Å²) in [6, 6.07) is 3.83. The molecule has 0 aromatic heterocycles. The monoisotopic (exact) mass is 299 g/mol. The molecule has 4 nitrogen and oxygen atoms in total. The van der Waals surface area contributed by atoms with E-state index in [0.29, 0.717) is 36.2 Å². The summed E-state index contributed by atoms with van der Waals surface area (Å²) in [5.74, 6) is 2.34. The Bertz CT molecular complexity index is 399. The fraction of sp³-hybridized carbons (Fsp3) is 0.625. The Morgan fingerprint density at radius 3 is 2.24 bits per heavy atom. The van der Waals surface area contributed by atoms with E-state index in [1.165, 1.54) is 0 Å². The molecule has 0 aliphatic heterocycles. The molecular weight excluding hydrogens is 273 g/mol. The summed E-state index contributed by atoms with van der Waals surface area (Å²) in [4.78, 5) is 0. The van der Waals surface area contributed by atoms with Gasteiger partial charge in [-0.25, -0.2) is 0 Å². The van der Waals surface area contributed by atoms with E-state index in [0.717, 1.165) is 18.7 Å². The minimum atomic E-state index is -0.401. The SMILES string of the molecule is COc1cc(CNCC(C)C)cc(OC)c1OCCCF. The highest BCUT2D eigenvalue weighted by Crippen LogP contribution is 2.38. The highest BCUT2D eigenvalue weighted by atomic mass is 19.1. The van der Waals surface area contributed by atoms with E-state index in [1.807, 2.05) is 12.1 Å². The van der Waals surface area contributed by atoms with Crippen LogP contribution in [0.5, 0.6) is 17.2 Å². The van der Waals surface area contributed by atoms with Crippen LogP contribution in [0.3, 0.4) is 0 Å². The van der Waals surface area contributed by atoms with Gasteiger partial charge in [-0.05, 0) is 30.2 Å². The van der Waals surface area contributed by atoms with E-state index in [1.54, 1.807) is 14.2 Å². The van der Waals surface area contributed by atoms with Crippen molar-refractivity contribution in [2.45, 2.75) is 26.8 Å². The first-order chi connectivity index (χ1) is 10.1. The van der Waals surface area contributed by atoms with Crippen LogP contribution >= 0.6 is 0 Å². The highest BCUT2D eigenvalue weighted by molar-refractivity contribution is 5.53. The molecule has 0 radical (unpaired) electrons. The maximum Gasteiger partial charge on any atom is 0.203 e. The Morgan fingerprint density at radius 1 is 1.14 bits per heavy atom. The van der Waals surface area contributed by atoms with Crippen LogP contribution in [0.15, 0.2) is 12.1 Å². The lowest BCUT2D eigenvalue weighted by atomic mass is 10.1. The molecule has 0 spiro atoms. The van der Waals surface area contributed by atoms with Gasteiger partial charge in [0.05, 0.1) is 27.5 Å². The van der Waals surface area contributed by atoms with Crippen molar-refractivity contribution in [1.29, 1.82) is 0 Å². The number of rotatable bonds is 10. The van der Waals surface area contributed by atoms with Crippen molar-refractivity contribution in [1.82, 2.24) is 5.32 Å². The standard InChI is InChI=1S/C16H26FNO3/c1-12(2)10-18-11-13-8-14(19-3)16(15(9-13)20-4)21-7-5-6-17/h8-9,12,18H,5-7,10-11H2,1-4H3. The molecule has 0 amide bonds. The first-order valence-electron chi connectivity index (χ1n) is 7.26. The molecule has 1 N–H and O–H groups in total. The Hall–Kier alpha value is -1.49. The second-order valence-corrected chi connectivity index (χ2v) is 5.25. The number of hydrogen-bond acceptors (Lipinski definition) is 4. The summed E-state index contributed by atoms with van der Waals surface area (Å²) >= 11 is 0. The molecule has 1 aromatic rings. The first-order valence-corrected chi connectivity index (χ1v) is 7.26. The molecule has 0 atom stereocenters. The van der Waals surface area contributed by atoms with Gasteiger partial charge in [-0.2, -0.15) is 0 Å². The lowest BCUT2D eigenvalue weighted by Crippen LogP contribution is -2.19. The minimum absolute atomic E-state index is 0.300. The maximum absolute atomic E-state index is 12.2. The van der Waals surface area contributed by atoms with Gasteiger partial charge in [0, 0.05) is 13.0 Å². The molecule has 0 bridgehead atoms. The van der Waals surface area contributed by atoms with Crippen LogP contribution in [-0.4, -0.2) is 34.0 Å². The maximum atomic E-state index is 12.2. The minimum Gasteiger partial charge on any atom is -0.493 e. The zero-order valence-corrected chi connectivity index (χ0v) is 13.4. The predicted molar refractivity (Wildman–Crippen MR) is 82.2 cm³/mol. The molecule has 1 aromatic carbocycles. The summed E-state index contributed by atoms with van der Waals surface area (Å²) in [6.45, 7) is 5.90. The van der Waals surface area contributed by atoms with Crippen LogP contribution in [-0.2, 0) is 6.54 Å². The van der Waals surface area contributed by atoms with E-state index in [-0.39, 0.29) is 0 Å². The zero-order chi connectivity index (χ0) is 15.7. The number of benzene rings is 1. The van der Waals surface area contributed by atoms with Gasteiger partial charge in [-0.15, -0.1) is 0 Å². The van der Waals surface area contributed by atoms with Crippen molar-refractivity contribution in [2.24, 2.45) is 5.92 Å². The predicted octanol–water partition coefficient (Wildman–Crippen LogP) is 3.19. The molecule has 0 aliphatic carbocycles. The molecular formula is C16H26FNO3. The van der Waals surface area contributed by atoms with Gasteiger partial charge < -0.3 is 19.5 Å². The Kier molecular flexibility index (Phi) is 7.90. The van der Waals surface area contributed by atoms with Crippen molar-refractivity contribution < 1.29 is 18.6 Å². The Balaban J connectivity index is 2.84. The van der Waals surface area contributed by atoms with Crippen LogP contribution in [0.25, 0.3) is 0 Å². The quantitative estimate of drug-likeness (QED) is 0.674. The van der Waals surface area contributed by atoms with Crippen LogP contribution in [0.4, 0.5) is 4.39 Å². The van der Waals surface area contributed by atoms with Crippen LogP contribution < -0.4 is 19.5 Å². The topological polar surface area (TPSA) is 39.7 Å². The molecule has 21 heavy (non-hydrogen) atoms. The van der Waals surface area contributed by atoms with Crippen LogP contribution in [0.2, 0.25) is 0 Å². The number of nitrogens with one attached hydrogen (secondary N) is 1. The summed E-state index contributed by atoms with van der Waals surface area (Å²) in [5.41, 5.74) is 1.06. The van der Waals surface area contributed by atoms with Gasteiger partial charge in [0.25, 0.3) is 0 Å². The van der Waals surface area contributed by atoms with E-state index < -0.39 is 6.67 Å². The second kappa shape index (κ2) is 9.45. The largest absolute Gasteiger partial charge is 0.493 e. The molecule has 1 rings (SSSR count). The zero-order valence-electron chi connectivity index (χ0n) is 13.4. The summed E-state index contributed by atoms with van der Waals surface area (Å²) in [5, 5.41) is 3.37. The molecule has 0 fully saturated rings. The average molecular weight is 299 g/mol. The number of methoxy groups -OCH3 is 2. The third-order valence-electron chi connectivity index (χ3n) is 2.93. The lowest BCUT2D eigenvalue weighted by molar-refractivity contribution is 0.258. The van der Waals surface area contributed by atoms with E-state index >= 15 is 0 Å². The van der Waals surface area contributed by atoms with Crippen molar-refractivity contribution in [3.05, 3.63) is 17.7 Å². The first kappa shape index (κ1) is 17.6. The molecule has 0 saturated carbocycles. The average Bonchev–Trinajstić information content (AvgIpc) is 2.47. The lowest BCUT2D eigenvalue weighted by Gasteiger charge is -2.16. The number of alkyl halides is 1. The van der Waals surface area contributed by atoms with Gasteiger partial charge in [0.15, 0.2) is 11.5 Å². The van der Waals surface area contributed by atoms with Crippen LogP contribution in [0.1, 0.15) is 25.8 Å². The van der Waals surface area contributed by atoms with Gasteiger partial charge in [0.2, 0.25) is 5.75 Å². The Labute approximate surface area is 126 Å². The molecule has 0 aliphatic rings. The molecule has 0 heterocycles. The van der Waals surface area contributed by atoms with E-state index in [4.69, 9.17) is 14.2 Å². The van der Waals surface area contributed by atoms with Crippen molar-refractivity contribution in [2.75, 3.05) is 34.0 Å². The Morgan fingerprint density at radius 2 is 1.76 bits per heavy atom. The fourth-order valence-corrected chi connectivity index (χ4v) is 1.91. The summed E-state index contributed by atoms with van der Waals surface area (Å²) < 4.78 is 28.5. The number of ether oxygens (including phenoxy) is 3. The van der Waals surface area contributed by atoms with E-state index in [9.17, 15) is 4.39 Å². The summed E-state index contributed by atoms with van der Waals surface area (Å²) in [7, 11) is 3.17. The number of hydrogen-bond donors (Lipinski definition) is 1. The number of halogens is 1. The van der Waals surface area contributed by atoms with E-state index in [2.05, 4.69) is 19.2 Å². The molecule has 0 unspecified atom stereocenters. The molecule has 0 saturated heterocycles. The fourth-order valence-electron chi connectivity index (χ4n) is 1.91. The second-order valence-electron chi connectivity index (χ2n) is 5.25. The van der Waals surface area contributed by atoms with Crippen molar-refractivity contribution in [3.63, 3.8) is 0 Å². The normalized spacial score (nSPS) is 10.8. The van der Waals surface area contributed by atoms with Crippen LogP contribution in [0, 0.1) is 5.92 Å². The third kappa shape index (κ3) is 5.79. The molecule has 5 heteroatoms. The smallest absolute Gasteiger partial charge is 0.203 e.